The maximum atomic E-state index is 11.6. The first-order valence-electron chi connectivity index (χ1n) is 8.26. The van der Waals surface area contributed by atoms with Crippen molar-refractivity contribution >= 4 is 28.3 Å². The van der Waals surface area contributed by atoms with Crippen molar-refractivity contribution in [2.45, 2.75) is 26.3 Å². The summed E-state index contributed by atoms with van der Waals surface area (Å²) in [6, 6.07) is 17.7. The number of amides is 1. The summed E-state index contributed by atoms with van der Waals surface area (Å²) in [5.74, 6) is 0.790. The van der Waals surface area contributed by atoms with E-state index >= 15 is 0 Å². The Morgan fingerprint density at radius 1 is 1.08 bits per heavy atom. The zero-order valence-corrected chi connectivity index (χ0v) is 14.8. The van der Waals surface area contributed by atoms with Crippen molar-refractivity contribution in [1.29, 1.82) is 0 Å². The number of anilines is 2. The number of carbonyl (C=O) groups excluding carboxylic acids is 1. The molecule has 0 aliphatic rings. The van der Waals surface area contributed by atoms with Crippen LogP contribution in [0.3, 0.4) is 0 Å². The summed E-state index contributed by atoms with van der Waals surface area (Å²) in [6.07, 6.45) is 1.39. The minimum atomic E-state index is 0.0516. The topological polar surface area (TPSA) is 66.9 Å². The van der Waals surface area contributed by atoms with Gasteiger partial charge in [0.15, 0.2) is 5.82 Å². The SMILES string of the molecule is CCCC(=O)Nc1ccc(CNc2nc(-c3ccccc3)ns2)cc1. The number of benzene rings is 2. The zero-order chi connectivity index (χ0) is 17.5. The number of hydrogen-bond acceptors (Lipinski definition) is 5. The van der Waals surface area contributed by atoms with E-state index in [1.165, 1.54) is 11.5 Å². The first-order valence-corrected chi connectivity index (χ1v) is 9.03. The zero-order valence-electron chi connectivity index (χ0n) is 14.0. The van der Waals surface area contributed by atoms with Gasteiger partial charge in [-0.3, -0.25) is 4.79 Å². The van der Waals surface area contributed by atoms with Gasteiger partial charge in [0.05, 0.1) is 0 Å². The van der Waals surface area contributed by atoms with Crippen LogP contribution < -0.4 is 10.6 Å². The molecule has 0 fully saturated rings. The molecule has 0 saturated carbocycles. The predicted octanol–water partition coefficient (Wildman–Crippen LogP) is 4.56. The van der Waals surface area contributed by atoms with Crippen LogP contribution >= 0.6 is 11.5 Å². The lowest BCUT2D eigenvalue weighted by molar-refractivity contribution is -0.116. The molecule has 1 heterocycles. The summed E-state index contributed by atoms with van der Waals surface area (Å²) in [6.45, 7) is 2.65. The molecule has 2 N–H and O–H groups in total. The molecule has 6 heteroatoms. The van der Waals surface area contributed by atoms with E-state index in [2.05, 4.69) is 20.0 Å². The maximum absolute atomic E-state index is 11.6. The summed E-state index contributed by atoms with van der Waals surface area (Å²) >= 11 is 1.35. The fraction of sp³-hybridized carbons (Fsp3) is 0.211. The quantitative estimate of drug-likeness (QED) is 0.654. The summed E-state index contributed by atoms with van der Waals surface area (Å²) in [4.78, 5) is 16.1. The molecule has 1 amide bonds. The number of nitrogens with zero attached hydrogens (tertiary/aromatic N) is 2. The van der Waals surface area contributed by atoms with Crippen molar-refractivity contribution < 1.29 is 4.79 Å². The summed E-state index contributed by atoms with van der Waals surface area (Å²) in [7, 11) is 0. The van der Waals surface area contributed by atoms with Crippen LogP contribution in [-0.4, -0.2) is 15.3 Å². The van der Waals surface area contributed by atoms with Gasteiger partial charge in [0.1, 0.15) is 0 Å². The van der Waals surface area contributed by atoms with Gasteiger partial charge in [-0.2, -0.15) is 9.36 Å². The van der Waals surface area contributed by atoms with Gasteiger partial charge in [-0.25, -0.2) is 0 Å². The van der Waals surface area contributed by atoms with E-state index in [0.717, 1.165) is 34.2 Å². The van der Waals surface area contributed by atoms with E-state index < -0.39 is 0 Å². The Morgan fingerprint density at radius 3 is 2.56 bits per heavy atom. The van der Waals surface area contributed by atoms with Crippen LogP contribution in [-0.2, 0) is 11.3 Å². The molecule has 0 aliphatic heterocycles. The highest BCUT2D eigenvalue weighted by Crippen LogP contribution is 2.21. The Kier molecular flexibility index (Phi) is 5.74. The van der Waals surface area contributed by atoms with Gasteiger partial charge in [0, 0.05) is 35.7 Å². The minimum absolute atomic E-state index is 0.0516. The fourth-order valence-electron chi connectivity index (χ4n) is 2.33. The molecule has 0 spiro atoms. The molecule has 0 radical (unpaired) electrons. The van der Waals surface area contributed by atoms with Gasteiger partial charge in [0.2, 0.25) is 11.0 Å². The second-order valence-corrected chi connectivity index (χ2v) is 6.39. The minimum Gasteiger partial charge on any atom is -0.356 e. The lowest BCUT2D eigenvalue weighted by atomic mass is 10.2. The highest BCUT2D eigenvalue weighted by Gasteiger charge is 2.06. The monoisotopic (exact) mass is 352 g/mol. The standard InChI is InChI=1S/C19H20N4OS/c1-2-6-17(24)21-16-11-9-14(10-12-16)13-20-19-22-18(23-25-19)15-7-4-3-5-8-15/h3-5,7-12H,2,6,13H2,1H3,(H,21,24)(H,20,22,23). The average Bonchev–Trinajstić information content (AvgIpc) is 3.11. The highest BCUT2D eigenvalue weighted by atomic mass is 32.1. The van der Waals surface area contributed by atoms with Gasteiger partial charge in [-0.1, -0.05) is 49.4 Å². The smallest absolute Gasteiger partial charge is 0.224 e. The molecule has 0 saturated heterocycles. The number of carbonyl (C=O) groups is 1. The van der Waals surface area contributed by atoms with E-state index in [1.54, 1.807) is 0 Å². The molecule has 1 aromatic heterocycles. The third kappa shape index (κ3) is 4.87. The van der Waals surface area contributed by atoms with Crippen molar-refractivity contribution in [3.05, 3.63) is 60.2 Å². The molecule has 0 unspecified atom stereocenters. The van der Waals surface area contributed by atoms with E-state index in [4.69, 9.17) is 0 Å². The number of nitrogens with one attached hydrogen (secondary N) is 2. The highest BCUT2D eigenvalue weighted by molar-refractivity contribution is 7.09. The van der Waals surface area contributed by atoms with Gasteiger partial charge in [-0.05, 0) is 24.1 Å². The van der Waals surface area contributed by atoms with Crippen LogP contribution in [0.2, 0.25) is 0 Å². The third-order valence-corrected chi connectivity index (χ3v) is 4.29. The van der Waals surface area contributed by atoms with Crippen LogP contribution in [0.4, 0.5) is 10.8 Å². The maximum Gasteiger partial charge on any atom is 0.224 e. The van der Waals surface area contributed by atoms with Crippen molar-refractivity contribution in [3.8, 4) is 11.4 Å². The van der Waals surface area contributed by atoms with E-state index in [1.807, 2.05) is 61.5 Å². The first kappa shape index (κ1) is 17.1. The van der Waals surface area contributed by atoms with E-state index in [9.17, 15) is 4.79 Å². The normalized spacial score (nSPS) is 10.4. The fourth-order valence-corrected chi connectivity index (χ4v) is 2.92. The molecule has 0 aliphatic carbocycles. The largest absolute Gasteiger partial charge is 0.356 e. The molecule has 3 rings (SSSR count). The Labute approximate surface area is 151 Å². The Hall–Kier alpha value is -2.73. The molecular weight excluding hydrogens is 332 g/mol. The molecule has 3 aromatic rings. The molecule has 128 valence electrons. The summed E-state index contributed by atoms with van der Waals surface area (Å²) in [5, 5.41) is 6.97. The number of aromatic nitrogens is 2. The molecule has 0 bridgehead atoms. The Bertz CT molecular complexity index is 815. The van der Waals surface area contributed by atoms with Gasteiger partial charge < -0.3 is 10.6 Å². The van der Waals surface area contributed by atoms with Crippen LogP contribution in [0, 0.1) is 0 Å². The van der Waals surface area contributed by atoms with Crippen LogP contribution in [0.5, 0.6) is 0 Å². The van der Waals surface area contributed by atoms with E-state index in [0.29, 0.717) is 13.0 Å². The number of rotatable bonds is 7. The van der Waals surface area contributed by atoms with Crippen molar-refractivity contribution in [2.24, 2.45) is 0 Å². The lowest BCUT2D eigenvalue weighted by Gasteiger charge is -2.06. The van der Waals surface area contributed by atoms with E-state index in [-0.39, 0.29) is 5.91 Å². The molecule has 2 aromatic carbocycles. The van der Waals surface area contributed by atoms with Crippen LogP contribution in [0.1, 0.15) is 25.3 Å². The summed E-state index contributed by atoms with van der Waals surface area (Å²) < 4.78 is 4.38. The molecular formula is C19H20N4OS. The van der Waals surface area contributed by atoms with Crippen LogP contribution in [0.15, 0.2) is 54.6 Å². The summed E-state index contributed by atoms with van der Waals surface area (Å²) in [5.41, 5.74) is 2.95. The lowest BCUT2D eigenvalue weighted by Crippen LogP contribution is -2.10. The van der Waals surface area contributed by atoms with Crippen molar-refractivity contribution in [1.82, 2.24) is 9.36 Å². The second kappa shape index (κ2) is 8.39. The second-order valence-electron chi connectivity index (χ2n) is 5.64. The molecule has 25 heavy (non-hydrogen) atoms. The van der Waals surface area contributed by atoms with Gasteiger partial charge in [0.25, 0.3) is 0 Å². The Morgan fingerprint density at radius 2 is 1.84 bits per heavy atom. The van der Waals surface area contributed by atoms with Crippen molar-refractivity contribution in [3.63, 3.8) is 0 Å². The van der Waals surface area contributed by atoms with Crippen LogP contribution in [0.25, 0.3) is 11.4 Å². The third-order valence-electron chi connectivity index (χ3n) is 3.62. The first-order chi connectivity index (χ1) is 12.2. The predicted molar refractivity (Wildman–Crippen MR) is 103 cm³/mol. The van der Waals surface area contributed by atoms with Gasteiger partial charge >= 0.3 is 0 Å². The van der Waals surface area contributed by atoms with Crippen molar-refractivity contribution in [2.75, 3.05) is 10.6 Å². The molecule has 5 nitrogen and oxygen atoms in total. The number of hydrogen-bond donors (Lipinski definition) is 2. The van der Waals surface area contributed by atoms with Gasteiger partial charge in [-0.15, -0.1) is 0 Å². The Balaban J connectivity index is 1.55. The average molecular weight is 352 g/mol. The molecule has 0 atom stereocenters.